The number of fused-ring (bicyclic) bond motifs is 1. The summed E-state index contributed by atoms with van der Waals surface area (Å²) in [5.74, 6) is 0.581. The summed E-state index contributed by atoms with van der Waals surface area (Å²) < 4.78 is 0. The van der Waals surface area contributed by atoms with Gasteiger partial charge in [0.05, 0.1) is 5.56 Å². The second-order valence-corrected chi connectivity index (χ2v) is 7.30. The molecule has 1 unspecified atom stereocenters. The summed E-state index contributed by atoms with van der Waals surface area (Å²) in [5, 5.41) is 16.2. The van der Waals surface area contributed by atoms with Crippen LogP contribution in [0, 0.1) is 17.2 Å². The Morgan fingerprint density at radius 1 is 1.43 bits per heavy atom. The topological polar surface area (TPSA) is 64.9 Å². The molecule has 0 bridgehead atoms. The van der Waals surface area contributed by atoms with E-state index in [4.69, 9.17) is 11.6 Å². The second kappa shape index (κ2) is 6.61. The van der Waals surface area contributed by atoms with Gasteiger partial charge in [-0.05, 0) is 48.9 Å². The monoisotopic (exact) mass is 345 g/mol. The van der Waals surface area contributed by atoms with Gasteiger partial charge in [-0.15, -0.1) is 11.3 Å². The molecule has 1 heterocycles. The molecule has 118 valence electrons. The summed E-state index contributed by atoms with van der Waals surface area (Å²) in [7, 11) is 0. The van der Waals surface area contributed by atoms with Crippen molar-refractivity contribution in [3.8, 4) is 6.07 Å². The zero-order chi connectivity index (χ0) is 16.4. The van der Waals surface area contributed by atoms with Gasteiger partial charge in [0.1, 0.15) is 11.1 Å². The van der Waals surface area contributed by atoms with Crippen LogP contribution in [-0.2, 0) is 12.8 Å². The smallest absolute Gasteiger partial charge is 0.308 e. The molecule has 0 aliphatic heterocycles. The number of hydrogen-bond acceptors (Lipinski definition) is 3. The lowest BCUT2D eigenvalue weighted by molar-refractivity contribution is 0.262. The van der Waals surface area contributed by atoms with Crippen molar-refractivity contribution in [3.63, 3.8) is 0 Å². The lowest BCUT2D eigenvalue weighted by atomic mass is 9.88. The van der Waals surface area contributed by atoms with Crippen LogP contribution >= 0.6 is 22.9 Å². The number of nitriles is 1. The molecule has 1 aliphatic rings. The lowest BCUT2D eigenvalue weighted by Crippen LogP contribution is -2.19. The van der Waals surface area contributed by atoms with Gasteiger partial charge in [-0.25, -0.2) is 4.79 Å². The SMILES string of the molecule is CC1CCc2sc(NC(=O)Nc3cccc(Cl)c3)c(C#N)c2C1. The quantitative estimate of drug-likeness (QED) is 0.800. The Morgan fingerprint density at radius 3 is 3.00 bits per heavy atom. The number of rotatable bonds is 2. The maximum atomic E-state index is 12.2. The van der Waals surface area contributed by atoms with Crippen molar-refractivity contribution in [1.29, 1.82) is 5.26 Å². The Morgan fingerprint density at radius 2 is 2.26 bits per heavy atom. The molecule has 0 fully saturated rings. The van der Waals surface area contributed by atoms with Gasteiger partial charge in [0.25, 0.3) is 0 Å². The number of anilines is 2. The lowest BCUT2D eigenvalue weighted by Gasteiger charge is -2.17. The van der Waals surface area contributed by atoms with Crippen LogP contribution in [0.5, 0.6) is 0 Å². The summed E-state index contributed by atoms with van der Waals surface area (Å²) in [5.41, 5.74) is 2.33. The average molecular weight is 346 g/mol. The van der Waals surface area contributed by atoms with E-state index in [1.165, 1.54) is 16.2 Å². The summed E-state index contributed by atoms with van der Waals surface area (Å²) in [6.07, 6.45) is 3.02. The number of aryl methyl sites for hydroxylation is 1. The number of carbonyl (C=O) groups excluding carboxylic acids is 1. The molecule has 0 spiro atoms. The summed E-state index contributed by atoms with van der Waals surface area (Å²) in [4.78, 5) is 13.4. The van der Waals surface area contributed by atoms with Gasteiger partial charge in [-0.3, -0.25) is 5.32 Å². The maximum absolute atomic E-state index is 12.2. The molecule has 2 aromatic rings. The number of thiophene rings is 1. The van der Waals surface area contributed by atoms with E-state index in [1.807, 2.05) is 0 Å². The number of urea groups is 1. The van der Waals surface area contributed by atoms with Crippen LogP contribution in [0.4, 0.5) is 15.5 Å². The minimum atomic E-state index is -0.365. The van der Waals surface area contributed by atoms with E-state index in [0.29, 0.717) is 27.2 Å². The standard InChI is InChI=1S/C17H16ClN3OS/c1-10-5-6-15-13(7-10)14(9-19)16(23-15)21-17(22)20-12-4-2-3-11(18)8-12/h2-4,8,10H,5-7H2,1H3,(H2,20,21,22). The highest BCUT2D eigenvalue weighted by atomic mass is 35.5. The molecule has 4 nitrogen and oxygen atoms in total. The van der Waals surface area contributed by atoms with Crippen molar-refractivity contribution in [2.24, 2.45) is 5.92 Å². The number of nitrogens with one attached hydrogen (secondary N) is 2. The van der Waals surface area contributed by atoms with E-state index in [9.17, 15) is 10.1 Å². The highest BCUT2D eigenvalue weighted by Gasteiger charge is 2.24. The van der Waals surface area contributed by atoms with E-state index in [1.54, 1.807) is 24.3 Å². The number of amides is 2. The largest absolute Gasteiger partial charge is 0.324 e. The van der Waals surface area contributed by atoms with Crippen LogP contribution in [0.1, 0.15) is 29.3 Å². The molecule has 0 radical (unpaired) electrons. The number of halogens is 1. The Kier molecular flexibility index (Phi) is 4.56. The molecule has 1 aromatic carbocycles. The highest BCUT2D eigenvalue weighted by molar-refractivity contribution is 7.16. The van der Waals surface area contributed by atoms with E-state index in [0.717, 1.165) is 24.8 Å². The van der Waals surface area contributed by atoms with Gasteiger partial charge in [0.15, 0.2) is 0 Å². The third-order valence-corrected chi connectivity index (χ3v) is 5.37. The maximum Gasteiger partial charge on any atom is 0.324 e. The Labute approximate surface area is 144 Å². The van der Waals surface area contributed by atoms with Crippen molar-refractivity contribution in [2.45, 2.75) is 26.2 Å². The third kappa shape index (κ3) is 3.49. The first-order valence-corrected chi connectivity index (χ1v) is 8.64. The van der Waals surface area contributed by atoms with Crippen molar-refractivity contribution in [2.75, 3.05) is 10.6 Å². The molecule has 23 heavy (non-hydrogen) atoms. The fourth-order valence-electron chi connectivity index (χ4n) is 2.80. The summed E-state index contributed by atoms with van der Waals surface area (Å²) >= 11 is 7.42. The van der Waals surface area contributed by atoms with E-state index in [2.05, 4.69) is 23.6 Å². The highest BCUT2D eigenvalue weighted by Crippen LogP contribution is 2.39. The second-order valence-electron chi connectivity index (χ2n) is 5.76. The van der Waals surface area contributed by atoms with Crippen molar-refractivity contribution in [1.82, 2.24) is 0 Å². The van der Waals surface area contributed by atoms with Gasteiger partial charge in [-0.2, -0.15) is 5.26 Å². The fraction of sp³-hybridized carbons (Fsp3) is 0.294. The van der Waals surface area contributed by atoms with Gasteiger partial charge < -0.3 is 5.32 Å². The minimum Gasteiger partial charge on any atom is -0.308 e. The molecule has 1 aliphatic carbocycles. The van der Waals surface area contributed by atoms with Crippen molar-refractivity contribution in [3.05, 3.63) is 45.3 Å². The first-order chi connectivity index (χ1) is 11.1. The van der Waals surface area contributed by atoms with Gasteiger partial charge in [0.2, 0.25) is 0 Å². The van der Waals surface area contributed by atoms with Crippen LogP contribution in [-0.4, -0.2) is 6.03 Å². The molecule has 0 saturated heterocycles. The number of nitrogens with zero attached hydrogens (tertiary/aromatic N) is 1. The van der Waals surface area contributed by atoms with Crippen LogP contribution in [0.15, 0.2) is 24.3 Å². The minimum absolute atomic E-state index is 0.365. The third-order valence-electron chi connectivity index (χ3n) is 3.93. The average Bonchev–Trinajstić information content (AvgIpc) is 2.83. The first-order valence-electron chi connectivity index (χ1n) is 7.45. The fourth-order valence-corrected chi connectivity index (χ4v) is 4.18. The summed E-state index contributed by atoms with van der Waals surface area (Å²) in [6.45, 7) is 2.20. The van der Waals surface area contributed by atoms with Crippen molar-refractivity contribution < 1.29 is 4.79 Å². The summed E-state index contributed by atoms with van der Waals surface area (Å²) in [6, 6.07) is 8.83. The van der Waals surface area contributed by atoms with Crippen molar-refractivity contribution >= 4 is 39.7 Å². The molecule has 2 N–H and O–H groups in total. The van der Waals surface area contributed by atoms with Crippen LogP contribution in [0.25, 0.3) is 0 Å². The predicted octanol–water partition coefficient (Wildman–Crippen LogP) is 5.04. The number of benzene rings is 1. The molecule has 1 aromatic heterocycles. The van der Waals surface area contributed by atoms with Gasteiger partial charge >= 0.3 is 6.03 Å². The van der Waals surface area contributed by atoms with Gasteiger partial charge in [0, 0.05) is 15.6 Å². The molecule has 6 heteroatoms. The first kappa shape index (κ1) is 15.9. The number of hydrogen-bond donors (Lipinski definition) is 2. The molecular weight excluding hydrogens is 330 g/mol. The zero-order valence-electron chi connectivity index (χ0n) is 12.6. The molecular formula is C17H16ClN3OS. The van der Waals surface area contributed by atoms with E-state index in [-0.39, 0.29) is 6.03 Å². The zero-order valence-corrected chi connectivity index (χ0v) is 14.2. The van der Waals surface area contributed by atoms with E-state index >= 15 is 0 Å². The Bertz CT molecular complexity index is 794. The molecule has 2 amide bonds. The Hall–Kier alpha value is -2.03. The Balaban J connectivity index is 1.78. The molecule has 3 rings (SSSR count). The molecule has 0 saturated carbocycles. The van der Waals surface area contributed by atoms with Crippen LogP contribution < -0.4 is 10.6 Å². The molecule has 1 atom stereocenters. The van der Waals surface area contributed by atoms with Gasteiger partial charge in [-0.1, -0.05) is 24.6 Å². The predicted molar refractivity (Wildman–Crippen MR) is 94.3 cm³/mol. The normalized spacial score (nSPS) is 16.3. The van der Waals surface area contributed by atoms with Crippen LogP contribution in [0.2, 0.25) is 5.02 Å². The number of carbonyl (C=O) groups is 1. The van der Waals surface area contributed by atoms with E-state index < -0.39 is 0 Å². The van der Waals surface area contributed by atoms with Crippen LogP contribution in [0.3, 0.4) is 0 Å².